The van der Waals surface area contributed by atoms with Crippen molar-refractivity contribution in [2.45, 2.75) is 24.8 Å². The first-order chi connectivity index (χ1) is 9.69. The van der Waals surface area contributed by atoms with Gasteiger partial charge >= 0.3 is 0 Å². The molecule has 0 heterocycles. The monoisotopic (exact) mass is 333 g/mol. The van der Waals surface area contributed by atoms with E-state index < -0.39 is 0 Å². The van der Waals surface area contributed by atoms with Crippen molar-refractivity contribution in [1.29, 1.82) is 0 Å². The average Bonchev–Trinajstić information content (AvgIpc) is 2.41. The van der Waals surface area contributed by atoms with Crippen LogP contribution in [-0.4, -0.2) is 7.05 Å². The van der Waals surface area contributed by atoms with Gasteiger partial charge in [-0.1, -0.05) is 46.3 Å². The molecule has 20 heavy (non-hydrogen) atoms. The van der Waals surface area contributed by atoms with E-state index in [1.165, 1.54) is 17.2 Å². The van der Waals surface area contributed by atoms with Gasteiger partial charge in [0.25, 0.3) is 0 Å². The largest absolute Gasteiger partial charge is 0.313 e. The van der Waals surface area contributed by atoms with Crippen molar-refractivity contribution < 1.29 is 4.39 Å². The fraction of sp³-hybridized carbons (Fsp3) is 0.294. The number of benzene rings is 2. The van der Waals surface area contributed by atoms with Gasteiger partial charge in [-0.2, -0.15) is 0 Å². The first kappa shape index (κ1) is 13.8. The molecule has 0 bridgehead atoms. The van der Waals surface area contributed by atoms with E-state index in [1.54, 1.807) is 0 Å². The van der Waals surface area contributed by atoms with Gasteiger partial charge in [0.05, 0.1) is 0 Å². The Balaban J connectivity index is 1.79. The third-order valence-electron chi connectivity index (χ3n) is 4.17. The summed E-state index contributed by atoms with van der Waals surface area (Å²) in [5.41, 5.74) is 3.61. The lowest BCUT2D eigenvalue weighted by atomic mass is 9.74. The number of hydrogen-bond acceptors (Lipinski definition) is 1. The highest BCUT2D eigenvalue weighted by molar-refractivity contribution is 9.10. The van der Waals surface area contributed by atoms with E-state index in [2.05, 4.69) is 45.5 Å². The third-order valence-corrected chi connectivity index (χ3v) is 4.66. The summed E-state index contributed by atoms with van der Waals surface area (Å²) >= 11 is 3.30. The number of fused-ring (bicyclic) bond motifs is 1. The van der Waals surface area contributed by atoms with E-state index in [1.807, 2.05) is 19.2 Å². The second-order valence-corrected chi connectivity index (χ2v) is 6.26. The molecule has 2 unspecified atom stereocenters. The van der Waals surface area contributed by atoms with Gasteiger partial charge in [-0.25, -0.2) is 4.39 Å². The Morgan fingerprint density at radius 2 is 2.10 bits per heavy atom. The Morgan fingerprint density at radius 3 is 2.80 bits per heavy atom. The van der Waals surface area contributed by atoms with E-state index in [9.17, 15) is 4.39 Å². The van der Waals surface area contributed by atoms with Gasteiger partial charge in [0.2, 0.25) is 0 Å². The zero-order chi connectivity index (χ0) is 14.1. The summed E-state index contributed by atoms with van der Waals surface area (Å²) in [7, 11) is 1.90. The molecule has 3 heteroatoms. The Bertz CT molecular complexity index is 626. The minimum atomic E-state index is -0.147. The lowest BCUT2D eigenvalue weighted by Crippen LogP contribution is -2.25. The maximum absolute atomic E-state index is 14.1. The third kappa shape index (κ3) is 2.52. The Kier molecular flexibility index (Phi) is 3.90. The van der Waals surface area contributed by atoms with Gasteiger partial charge in [-0.05, 0) is 49.1 Å². The molecule has 0 amide bonds. The van der Waals surface area contributed by atoms with Gasteiger partial charge in [0, 0.05) is 16.1 Å². The Morgan fingerprint density at radius 1 is 1.30 bits per heavy atom. The summed E-state index contributed by atoms with van der Waals surface area (Å²) in [6.07, 6.45) is 2.04. The van der Waals surface area contributed by atoms with E-state index in [0.29, 0.717) is 5.92 Å². The highest BCUT2D eigenvalue weighted by Crippen LogP contribution is 2.41. The van der Waals surface area contributed by atoms with Crippen molar-refractivity contribution in [2.24, 2.45) is 0 Å². The molecule has 2 aromatic carbocycles. The summed E-state index contributed by atoms with van der Waals surface area (Å²) < 4.78 is 14.9. The van der Waals surface area contributed by atoms with E-state index in [4.69, 9.17) is 0 Å². The van der Waals surface area contributed by atoms with Crippen LogP contribution in [0.25, 0.3) is 0 Å². The smallest absolute Gasteiger partial charge is 0.129 e. The summed E-state index contributed by atoms with van der Waals surface area (Å²) in [6, 6.07) is 13.9. The number of halogens is 2. The fourth-order valence-corrected chi connectivity index (χ4v) is 3.38. The van der Waals surface area contributed by atoms with Crippen LogP contribution in [0, 0.1) is 5.82 Å². The molecule has 0 saturated heterocycles. The average molecular weight is 334 g/mol. The van der Waals surface area contributed by atoms with Crippen molar-refractivity contribution in [3.8, 4) is 0 Å². The van der Waals surface area contributed by atoms with Crippen molar-refractivity contribution in [3.63, 3.8) is 0 Å². The lowest BCUT2D eigenvalue weighted by Gasteiger charge is -2.33. The Labute approximate surface area is 127 Å². The van der Waals surface area contributed by atoms with E-state index in [0.717, 1.165) is 22.9 Å². The molecule has 1 N–H and O–H groups in total. The van der Waals surface area contributed by atoms with Gasteiger partial charge in [0.1, 0.15) is 5.82 Å². The molecule has 1 aliphatic carbocycles. The van der Waals surface area contributed by atoms with Crippen LogP contribution in [0.4, 0.5) is 4.39 Å². The molecule has 2 atom stereocenters. The van der Waals surface area contributed by atoms with Crippen molar-refractivity contribution in [1.82, 2.24) is 5.32 Å². The number of nitrogens with one attached hydrogen (secondary N) is 1. The second-order valence-electron chi connectivity index (χ2n) is 5.34. The quantitative estimate of drug-likeness (QED) is 0.863. The SMILES string of the molecule is CNC(CC1Cc2ccccc21)c1ccc(Br)cc1F. The minimum Gasteiger partial charge on any atom is -0.313 e. The second kappa shape index (κ2) is 5.66. The molecule has 0 spiro atoms. The molecule has 0 aromatic heterocycles. The maximum Gasteiger partial charge on any atom is 0.129 e. The molecule has 104 valence electrons. The first-order valence-corrected chi connectivity index (χ1v) is 7.68. The van der Waals surface area contributed by atoms with Crippen molar-refractivity contribution in [2.75, 3.05) is 7.05 Å². The fourth-order valence-electron chi connectivity index (χ4n) is 3.04. The molecular weight excluding hydrogens is 317 g/mol. The van der Waals surface area contributed by atoms with Gasteiger partial charge in [0.15, 0.2) is 0 Å². The lowest BCUT2D eigenvalue weighted by molar-refractivity contribution is 0.437. The highest BCUT2D eigenvalue weighted by Gasteiger charge is 2.28. The van der Waals surface area contributed by atoms with Crippen LogP contribution in [-0.2, 0) is 6.42 Å². The van der Waals surface area contributed by atoms with E-state index in [-0.39, 0.29) is 11.9 Å². The van der Waals surface area contributed by atoms with Crippen LogP contribution in [0.5, 0.6) is 0 Å². The summed E-state index contributed by atoms with van der Waals surface area (Å²) in [5, 5.41) is 3.25. The zero-order valence-electron chi connectivity index (χ0n) is 11.4. The maximum atomic E-state index is 14.1. The van der Waals surface area contributed by atoms with E-state index >= 15 is 0 Å². The molecule has 3 rings (SSSR count). The summed E-state index contributed by atoms with van der Waals surface area (Å²) in [4.78, 5) is 0. The summed E-state index contributed by atoms with van der Waals surface area (Å²) in [6.45, 7) is 0. The first-order valence-electron chi connectivity index (χ1n) is 6.89. The molecule has 0 radical (unpaired) electrons. The molecule has 1 nitrogen and oxygen atoms in total. The molecule has 0 saturated carbocycles. The van der Waals surface area contributed by atoms with Crippen LogP contribution in [0.15, 0.2) is 46.9 Å². The standard InChI is InChI=1S/C17H17BrFN/c1-20-17(15-7-6-13(18)10-16(15)19)9-12-8-11-4-2-3-5-14(11)12/h2-7,10,12,17,20H,8-9H2,1H3. The predicted octanol–water partition coefficient (Wildman–Crippen LogP) is 4.58. The van der Waals surface area contributed by atoms with Crippen LogP contribution in [0.1, 0.15) is 35.1 Å². The van der Waals surface area contributed by atoms with Crippen LogP contribution in [0.3, 0.4) is 0 Å². The molecular formula is C17H17BrFN. The van der Waals surface area contributed by atoms with Gasteiger partial charge in [-0.3, -0.25) is 0 Å². The summed E-state index contributed by atoms with van der Waals surface area (Å²) in [5.74, 6) is 0.387. The number of rotatable bonds is 4. The number of hydrogen-bond donors (Lipinski definition) is 1. The zero-order valence-corrected chi connectivity index (χ0v) is 13.0. The molecule has 1 aliphatic rings. The normalized spacial score (nSPS) is 18.2. The predicted molar refractivity (Wildman–Crippen MR) is 83.4 cm³/mol. The van der Waals surface area contributed by atoms with Crippen LogP contribution in [0.2, 0.25) is 0 Å². The Hall–Kier alpha value is -1.19. The highest BCUT2D eigenvalue weighted by atomic mass is 79.9. The van der Waals surface area contributed by atoms with Crippen LogP contribution < -0.4 is 5.32 Å². The minimum absolute atomic E-state index is 0.0569. The van der Waals surface area contributed by atoms with Gasteiger partial charge < -0.3 is 5.32 Å². The topological polar surface area (TPSA) is 12.0 Å². The molecule has 0 aliphatic heterocycles. The molecule has 0 fully saturated rings. The van der Waals surface area contributed by atoms with Crippen molar-refractivity contribution in [3.05, 3.63) is 69.4 Å². The van der Waals surface area contributed by atoms with Crippen molar-refractivity contribution >= 4 is 15.9 Å². The van der Waals surface area contributed by atoms with Crippen LogP contribution >= 0.6 is 15.9 Å². The molecule has 2 aromatic rings. The van der Waals surface area contributed by atoms with Gasteiger partial charge in [-0.15, -0.1) is 0 Å².